The van der Waals surface area contributed by atoms with E-state index in [1.165, 1.54) is 0 Å². The molecule has 1 saturated heterocycles. The predicted molar refractivity (Wildman–Crippen MR) is 133 cm³/mol. The Hall–Kier alpha value is -3.50. The second kappa shape index (κ2) is 12.5. The highest BCUT2D eigenvalue weighted by atomic mass is 16.5. The number of hydrogen-bond donors (Lipinski definition) is 1. The summed E-state index contributed by atoms with van der Waals surface area (Å²) in [6.45, 7) is 4.04. The normalized spacial score (nSPS) is 16.1. The predicted octanol–water partition coefficient (Wildman–Crippen LogP) is 2.34. The number of ether oxygens (including phenoxy) is 3. The number of rotatable bonds is 12. The maximum Gasteiger partial charge on any atom is 0.247 e. The van der Waals surface area contributed by atoms with Crippen LogP contribution >= 0.6 is 0 Å². The third-order valence-electron chi connectivity index (χ3n) is 6.12. The number of benzene rings is 2. The van der Waals surface area contributed by atoms with Gasteiger partial charge in [-0.05, 0) is 49.6 Å². The third kappa shape index (κ3) is 6.19. The number of hydrogen-bond acceptors (Lipinski definition) is 7. The highest BCUT2D eigenvalue weighted by Crippen LogP contribution is 2.27. The van der Waals surface area contributed by atoms with E-state index in [9.17, 15) is 9.59 Å². The van der Waals surface area contributed by atoms with Gasteiger partial charge in [0.15, 0.2) is 0 Å². The fourth-order valence-corrected chi connectivity index (χ4v) is 4.37. The molecule has 3 aromatic rings. The van der Waals surface area contributed by atoms with Crippen molar-refractivity contribution in [1.29, 1.82) is 0 Å². The summed E-state index contributed by atoms with van der Waals surface area (Å²) < 4.78 is 18.1. The number of fused-ring (bicyclic) bond motifs is 1. The maximum absolute atomic E-state index is 13.8. The van der Waals surface area contributed by atoms with Gasteiger partial charge in [-0.3, -0.25) is 9.59 Å². The van der Waals surface area contributed by atoms with E-state index in [2.05, 4.69) is 15.6 Å². The van der Waals surface area contributed by atoms with E-state index in [0.717, 1.165) is 18.4 Å². The van der Waals surface area contributed by atoms with E-state index in [1.54, 1.807) is 16.7 Å². The highest BCUT2D eigenvalue weighted by Gasteiger charge is 2.34. The Kier molecular flexibility index (Phi) is 8.85. The van der Waals surface area contributed by atoms with Crippen molar-refractivity contribution < 1.29 is 23.8 Å². The molecule has 2 heterocycles. The molecule has 1 aliphatic rings. The second-order valence-corrected chi connectivity index (χ2v) is 8.61. The average molecular weight is 496 g/mol. The lowest BCUT2D eigenvalue weighted by molar-refractivity contribution is -0.143. The lowest BCUT2D eigenvalue weighted by Gasteiger charge is -2.33. The summed E-state index contributed by atoms with van der Waals surface area (Å²) >= 11 is 0. The minimum absolute atomic E-state index is 0.0495. The van der Waals surface area contributed by atoms with Crippen LogP contribution < -0.4 is 10.1 Å². The first-order valence-corrected chi connectivity index (χ1v) is 12.3. The van der Waals surface area contributed by atoms with E-state index in [0.29, 0.717) is 49.7 Å². The summed E-state index contributed by atoms with van der Waals surface area (Å²) in [4.78, 5) is 28.9. The first-order valence-electron chi connectivity index (χ1n) is 12.3. The summed E-state index contributed by atoms with van der Waals surface area (Å²) in [5, 5.41) is 11.2. The molecule has 2 amide bonds. The fraction of sp³-hybridized carbons (Fsp3) is 0.462. The van der Waals surface area contributed by atoms with Crippen LogP contribution in [0.5, 0.6) is 5.75 Å². The van der Waals surface area contributed by atoms with Crippen molar-refractivity contribution >= 4 is 22.8 Å². The number of carbonyl (C=O) groups excluding carboxylic acids is 2. The first kappa shape index (κ1) is 25.6. The lowest BCUT2D eigenvalue weighted by atomic mass is 10.0. The molecule has 1 aliphatic heterocycles. The molecule has 1 N–H and O–H groups in total. The van der Waals surface area contributed by atoms with Crippen molar-refractivity contribution in [2.75, 3.05) is 40.0 Å². The van der Waals surface area contributed by atoms with E-state index in [-0.39, 0.29) is 24.5 Å². The molecule has 2 atom stereocenters. The molecule has 0 radical (unpaired) electrons. The summed E-state index contributed by atoms with van der Waals surface area (Å²) in [6.07, 6.45) is 1.62. The van der Waals surface area contributed by atoms with Crippen molar-refractivity contribution in [3.63, 3.8) is 0 Å². The van der Waals surface area contributed by atoms with Gasteiger partial charge in [0, 0.05) is 26.8 Å². The van der Waals surface area contributed by atoms with Gasteiger partial charge < -0.3 is 24.4 Å². The van der Waals surface area contributed by atoms with Gasteiger partial charge in [-0.2, -0.15) is 0 Å². The lowest BCUT2D eigenvalue weighted by Crippen LogP contribution is -2.48. The Morgan fingerprint density at radius 2 is 2.03 bits per heavy atom. The summed E-state index contributed by atoms with van der Waals surface area (Å²) in [5.74, 6) is 0.166. The van der Waals surface area contributed by atoms with E-state index >= 15 is 0 Å². The summed E-state index contributed by atoms with van der Waals surface area (Å²) in [5.41, 5.74) is 2.14. The van der Waals surface area contributed by atoms with E-state index in [4.69, 9.17) is 14.2 Å². The van der Waals surface area contributed by atoms with E-state index < -0.39 is 6.04 Å². The number of aromatic nitrogens is 3. The molecule has 36 heavy (non-hydrogen) atoms. The Balaban J connectivity index is 1.66. The van der Waals surface area contributed by atoms with Crippen LogP contribution in [0.3, 0.4) is 0 Å². The van der Waals surface area contributed by atoms with Crippen LogP contribution in [0.4, 0.5) is 0 Å². The molecule has 0 spiro atoms. The SMILES string of the molecule is CCOc1ccc([C@H](C(=O)NCCOC)N(C[C@H]2CCCO2)C(=O)Cn2nnc3ccccc32)cc1. The number of nitrogens with zero attached hydrogens (tertiary/aromatic N) is 4. The highest BCUT2D eigenvalue weighted by molar-refractivity contribution is 5.89. The monoisotopic (exact) mass is 495 g/mol. The molecule has 10 heteroatoms. The van der Waals surface area contributed by atoms with Crippen molar-refractivity contribution in [1.82, 2.24) is 25.2 Å². The van der Waals surface area contributed by atoms with Crippen molar-refractivity contribution in [3.05, 3.63) is 54.1 Å². The quantitative estimate of drug-likeness (QED) is 0.384. The van der Waals surface area contributed by atoms with Crippen molar-refractivity contribution in [2.24, 2.45) is 0 Å². The molecule has 1 aromatic heterocycles. The van der Waals surface area contributed by atoms with Gasteiger partial charge >= 0.3 is 0 Å². The molecule has 0 bridgehead atoms. The van der Waals surface area contributed by atoms with Gasteiger partial charge in [0.25, 0.3) is 0 Å². The minimum atomic E-state index is -0.857. The molecule has 10 nitrogen and oxygen atoms in total. The molecular formula is C26H33N5O5. The zero-order valence-corrected chi connectivity index (χ0v) is 20.8. The molecule has 0 aliphatic carbocycles. The van der Waals surface area contributed by atoms with Crippen LogP contribution in [0, 0.1) is 0 Å². The van der Waals surface area contributed by atoms with E-state index in [1.807, 2.05) is 55.5 Å². The zero-order chi connectivity index (χ0) is 25.3. The number of carbonyl (C=O) groups is 2. The van der Waals surface area contributed by atoms with Crippen LogP contribution in [0.15, 0.2) is 48.5 Å². The summed E-state index contributed by atoms with van der Waals surface area (Å²) in [6, 6.07) is 13.9. The molecule has 0 saturated carbocycles. The Labute approximate surface area is 210 Å². The summed E-state index contributed by atoms with van der Waals surface area (Å²) in [7, 11) is 1.58. The molecule has 0 unspecified atom stereocenters. The Bertz CT molecular complexity index is 1140. The largest absolute Gasteiger partial charge is 0.494 e. The van der Waals surface area contributed by atoms with Gasteiger partial charge in [0.05, 0.1) is 24.8 Å². The minimum Gasteiger partial charge on any atom is -0.494 e. The average Bonchev–Trinajstić information content (AvgIpc) is 3.55. The zero-order valence-electron chi connectivity index (χ0n) is 20.8. The van der Waals surface area contributed by atoms with Crippen LogP contribution in [0.2, 0.25) is 0 Å². The Morgan fingerprint density at radius 3 is 2.75 bits per heavy atom. The topological polar surface area (TPSA) is 108 Å². The van der Waals surface area contributed by atoms with Gasteiger partial charge in [-0.1, -0.05) is 29.5 Å². The van der Waals surface area contributed by atoms with Gasteiger partial charge in [-0.15, -0.1) is 5.10 Å². The molecule has 4 rings (SSSR count). The molecule has 192 valence electrons. The van der Waals surface area contributed by atoms with Gasteiger partial charge in [0.1, 0.15) is 23.9 Å². The van der Waals surface area contributed by atoms with Crippen LogP contribution in [-0.4, -0.2) is 77.8 Å². The maximum atomic E-state index is 13.8. The van der Waals surface area contributed by atoms with Crippen LogP contribution in [-0.2, 0) is 25.6 Å². The molecular weight excluding hydrogens is 462 g/mol. The fourth-order valence-electron chi connectivity index (χ4n) is 4.37. The van der Waals surface area contributed by atoms with Crippen LogP contribution in [0.25, 0.3) is 11.0 Å². The smallest absolute Gasteiger partial charge is 0.247 e. The van der Waals surface area contributed by atoms with Crippen molar-refractivity contribution in [3.8, 4) is 5.75 Å². The number of nitrogens with one attached hydrogen (secondary N) is 1. The second-order valence-electron chi connectivity index (χ2n) is 8.61. The first-order chi connectivity index (χ1) is 17.6. The van der Waals surface area contributed by atoms with Gasteiger partial charge in [-0.25, -0.2) is 4.68 Å². The number of methoxy groups -OCH3 is 1. The standard InChI is InChI=1S/C26H33N5O5/c1-3-35-20-12-10-19(11-13-20)25(26(33)27-14-16-34-2)30(17-21-7-6-15-36-21)24(32)18-31-23-9-5-4-8-22(23)28-29-31/h4-5,8-13,21,25H,3,6-7,14-18H2,1-2H3,(H,27,33)/t21-,25-/m1/s1. The Morgan fingerprint density at radius 1 is 1.22 bits per heavy atom. The number of para-hydroxylation sites is 1. The molecule has 1 fully saturated rings. The van der Waals surface area contributed by atoms with Crippen LogP contribution in [0.1, 0.15) is 31.4 Å². The molecule has 2 aromatic carbocycles. The van der Waals surface area contributed by atoms with Gasteiger partial charge in [0.2, 0.25) is 11.8 Å². The number of amides is 2. The van der Waals surface area contributed by atoms with Crippen molar-refractivity contribution in [2.45, 2.75) is 38.5 Å². The third-order valence-corrected chi connectivity index (χ3v) is 6.12.